The average Bonchev–Trinajstić information content (AvgIpc) is 2.69. The molecule has 2 heterocycles. The summed E-state index contributed by atoms with van der Waals surface area (Å²) in [7, 11) is 1.71. The zero-order valence-electron chi connectivity index (χ0n) is 11.1. The second-order valence-corrected chi connectivity index (χ2v) is 4.73. The number of carbonyl (C=O) groups is 1. The van der Waals surface area contributed by atoms with Crippen LogP contribution in [-0.4, -0.2) is 25.4 Å². The van der Waals surface area contributed by atoms with E-state index in [0.29, 0.717) is 27.6 Å². The van der Waals surface area contributed by atoms with E-state index in [0.717, 1.165) is 0 Å². The van der Waals surface area contributed by atoms with Gasteiger partial charge >= 0.3 is 5.97 Å². The largest absolute Gasteiger partial charge is 0.480 e. The number of benzene rings is 1. The van der Waals surface area contributed by atoms with E-state index in [1.165, 1.54) is 0 Å². The number of fused-ring (bicyclic) bond motifs is 2. The monoisotopic (exact) mass is 271 g/mol. The highest BCUT2D eigenvalue weighted by Crippen LogP contribution is 2.20. The Balaban J connectivity index is 2.62. The lowest BCUT2D eigenvalue weighted by Gasteiger charge is -2.11. The summed E-state index contributed by atoms with van der Waals surface area (Å²) < 4.78 is 3.18. The molecule has 0 radical (unpaired) electrons. The van der Waals surface area contributed by atoms with Gasteiger partial charge < -0.3 is 9.67 Å². The highest BCUT2D eigenvalue weighted by atomic mass is 16.4. The van der Waals surface area contributed by atoms with E-state index in [1.54, 1.807) is 47.5 Å². The average molecular weight is 271 g/mol. The Labute approximate surface area is 113 Å². The van der Waals surface area contributed by atoms with Crippen LogP contribution in [0.15, 0.2) is 29.1 Å². The highest BCUT2D eigenvalue weighted by Gasteiger charge is 2.18. The number of pyridine rings is 1. The van der Waals surface area contributed by atoms with Gasteiger partial charge in [0.15, 0.2) is 0 Å². The molecular weight excluding hydrogens is 258 g/mol. The Morgan fingerprint density at radius 3 is 2.75 bits per heavy atom. The fourth-order valence-electron chi connectivity index (χ4n) is 2.67. The Hall–Kier alpha value is -2.63. The third-order valence-electron chi connectivity index (χ3n) is 3.41. The second-order valence-electron chi connectivity index (χ2n) is 4.73. The molecule has 0 atom stereocenters. The molecular formula is C14H13N3O3. The van der Waals surface area contributed by atoms with Crippen LogP contribution in [0.4, 0.5) is 0 Å². The molecule has 3 rings (SSSR count). The summed E-state index contributed by atoms with van der Waals surface area (Å²) in [5.74, 6) is -0.959. The van der Waals surface area contributed by atoms with Gasteiger partial charge in [0.05, 0.1) is 16.6 Å². The van der Waals surface area contributed by atoms with Gasteiger partial charge in [-0.3, -0.25) is 14.3 Å². The van der Waals surface area contributed by atoms with E-state index < -0.39 is 5.97 Å². The SMILES string of the molecule is Cc1nn(C)c2c1c(=O)c1ccccc1n2CC(=O)O. The lowest BCUT2D eigenvalue weighted by molar-refractivity contribution is -0.137. The van der Waals surface area contributed by atoms with Crippen molar-refractivity contribution in [3.63, 3.8) is 0 Å². The standard InChI is InChI=1S/C14H13N3O3/c1-8-12-13(20)9-5-3-4-6-10(9)17(7-11(18)19)14(12)16(2)15-8/h3-6H,7H2,1-2H3,(H,18,19). The lowest BCUT2D eigenvalue weighted by Crippen LogP contribution is -2.17. The minimum Gasteiger partial charge on any atom is -0.480 e. The van der Waals surface area contributed by atoms with Crippen molar-refractivity contribution in [2.45, 2.75) is 13.5 Å². The quantitative estimate of drug-likeness (QED) is 0.761. The normalized spacial score (nSPS) is 11.3. The number of aromatic nitrogens is 3. The van der Waals surface area contributed by atoms with Crippen LogP contribution in [0.2, 0.25) is 0 Å². The number of aliphatic carboxylic acids is 1. The van der Waals surface area contributed by atoms with Crippen molar-refractivity contribution in [3.8, 4) is 0 Å². The molecule has 0 bridgehead atoms. The van der Waals surface area contributed by atoms with Crippen molar-refractivity contribution < 1.29 is 9.90 Å². The van der Waals surface area contributed by atoms with Crippen molar-refractivity contribution >= 4 is 27.9 Å². The molecule has 0 fully saturated rings. The summed E-state index contributed by atoms with van der Waals surface area (Å²) in [5.41, 5.74) is 1.64. The number of hydrogen-bond acceptors (Lipinski definition) is 3. The van der Waals surface area contributed by atoms with Gasteiger partial charge in [0.25, 0.3) is 0 Å². The molecule has 20 heavy (non-hydrogen) atoms. The van der Waals surface area contributed by atoms with Crippen molar-refractivity contribution in [1.82, 2.24) is 14.3 Å². The lowest BCUT2D eigenvalue weighted by atomic mass is 10.1. The first kappa shape index (κ1) is 12.4. The van der Waals surface area contributed by atoms with Crippen LogP contribution in [0.5, 0.6) is 0 Å². The summed E-state index contributed by atoms with van der Waals surface area (Å²) in [4.78, 5) is 23.7. The van der Waals surface area contributed by atoms with E-state index in [4.69, 9.17) is 5.11 Å². The van der Waals surface area contributed by atoms with Crippen LogP contribution in [0.25, 0.3) is 21.9 Å². The summed E-state index contributed by atoms with van der Waals surface area (Å²) >= 11 is 0. The molecule has 6 nitrogen and oxygen atoms in total. The molecule has 0 aliphatic rings. The van der Waals surface area contributed by atoms with Crippen LogP contribution < -0.4 is 5.43 Å². The Bertz CT molecular complexity index is 905. The van der Waals surface area contributed by atoms with Gasteiger partial charge in [-0.1, -0.05) is 12.1 Å². The molecule has 102 valence electrons. The molecule has 6 heteroatoms. The van der Waals surface area contributed by atoms with Gasteiger partial charge in [-0.2, -0.15) is 5.10 Å². The molecule has 2 aromatic heterocycles. The topological polar surface area (TPSA) is 77.1 Å². The molecule has 0 spiro atoms. The third kappa shape index (κ3) is 1.61. The number of nitrogens with zero attached hydrogens (tertiary/aromatic N) is 3. The summed E-state index contributed by atoms with van der Waals surface area (Å²) in [6.07, 6.45) is 0. The molecule has 0 saturated carbocycles. The maximum absolute atomic E-state index is 12.5. The smallest absolute Gasteiger partial charge is 0.323 e. The maximum atomic E-state index is 12.5. The van der Waals surface area contributed by atoms with Gasteiger partial charge in [-0.25, -0.2) is 0 Å². The van der Waals surface area contributed by atoms with Gasteiger partial charge in [0.2, 0.25) is 5.43 Å². The van der Waals surface area contributed by atoms with Gasteiger partial charge in [-0.15, -0.1) is 0 Å². The van der Waals surface area contributed by atoms with Crippen LogP contribution in [0.1, 0.15) is 5.69 Å². The number of para-hydroxylation sites is 1. The predicted octanol–water partition coefficient (Wildman–Crippen LogP) is 1.28. The second kappa shape index (κ2) is 4.19. The number of rotatable bonds is 2. The van der Waals surface area contributed by atoms with E-state index in [-0.39, 0.29) is 12.0 Å². The molecule has 1 N–H and O–H groups in total. The number of aryl methyl sites for hydroxylation is 2. The molecule has 0 unspecified atom stereocenters. The minimum atomic E-state index is -0.959. The third-order valence-corrected chi connectivity index (χ3v) is 3.41. The molecule has 0 aliphatic heterocycles. The molecule has 0 amide bonds. The number of carboxylic acid groups (broad SMARTS) is 1. The van der Waals surface area contributed by atoms with Crippen molar-refractivity contribution in [1.29, 1.82) is 0 Å². The fourth-order valence-corrected chi connectivity index (χ4v) is 2.67. The predicted molar refractivity (Wildman–Crippen MR) is 74.9 cm³/mol. The van der Waals surface area contributed by atoms with Gasteiger partial charge in [0.1, 0.15) is 12.2 Å². The fraction of sp³-hybridized carbons (Fsp3) is 0.214. The minimum absolute atomic E-state index is 0.108. The van der Waals surface area contributed by atoms with E-state index in [9.17, 15) is 9.59 Å². The summed E-state index contributed by atoms with van der Waals surface area (Å²) in [6, 6.07) is 7.02. The zero-order valence-corrected chi connectivity index (χ0v) is 11.1. The Kier molecular flexibility index (Phi) is 2.60. The summed E-state index contributed by atoms with van der Waals surface area (Å²) in [6.45, 7) is 1.54. The summed E-state index contributed by atoms with van der Waals surface area (Å²) in [5, 5.41) is 14.4. The first-order chi connectivity index (χ1) is 9.50. The number of carboxylic acids is 1. The first-order valence-electron chi connectivity index (χ1n) is 6.17. The van der Waals surface area contributed by atoms with Gasteiger partial charge in [0, 0.05) is 12.4 Å². The van der Waals surface area contributed by atoms with Crippen molar-refractivity contribution in [2.75, 3.05) is 0 Å². The first-order valence-corrected chi connectivity index (χ1v) is 6.17. The van der Waals surface area contributed by atoms with Crippen LogP contribution in [-0.2, 0) is 18.4 Å². The molecule has 0 aliphatic carbocycles. The van der Waals surface area contributed by atoms with E-state index >= 15 is 0 Å². The highest BCUT2D eigenvalue weighted by molar-refractivity contribution is 5.94. The van der Waals surface area contributed by atoms with E-state index in [1.807, 2.05) is 0 Å². The molecule has 0 saturated heterocycles. The van der Waals surface area contributed by atoms with Crippen molar-refractivity contribution in [3.05, 3.63) is 40.2 Å². The van der Waals surface area contributed by atoms with Crippen LogP contribution in [0, 0.1) is 6.92 Å². The molecule has 3 aromatic rings. The van der Waals surface area contributed by atoms with E-state index in [2.05, 4.69) is 5.10 Å². The van der Waals surface area contributed by atoms with Gasteiger partial charge in [-0.05, 0) is 19.1 Å². The zero-order chi connectivity index (χ0) is 14.4. The Morgan fingerprint density at radius 2 is 2.05 bits per heavy atom. The number of hydrogen-bond donors (Lipinski definition) is 1. The molecule has 1 aromatic carbocycles. The van der Waals surface area contributed by atoms with Crippen LogP contribution >= 0.6 is 0 Å². The maximum Gasteiger partial charge on any atom is 0.323 e. The van der Waals surface area contributed by atoms with Crippen LogP contribution in [0.3, 0.4) is 0 Å². The van der Waals surface area contributed by atoms with Crippen molar-refractivity contribution in [2.24, 2.45) is 7.05 Å². The Morgan fingerprint density at radius 1 is 1.35 bits per heavy atom.